The maximum absolute atomic E-state index is 12.4. The first-order valence-corrected chi connectivity index (χ1v) is 10.5. The zero-order chi connectivity index (χ0) is 18.3. The summed E-state index contributed by atoms with van der Waals surface area (Å²) < 4.78 is 1.49. The third-order valence-electron chi connectivity index (χ3n) is 4.84. The van der Waals surface area contributed by atoms with Crippen LogP contribution in [0.1, 0.15) is 53.9 Å². The predicted octanol–water partition coefficient (Wildman–Crippen LogP) is 2.66. The first-order valence-electron chi connectivity index (χ1n) is 8.74. The number of nitrogens with zero attached hydrogens (tertiary/aromatic N) is 4. The molecule has 0 spiro atoms. The summed E-state index contributed by atoms with van der Waals surface area (Å²) in [4.78, 5) is 13.6. The monoisotopic (exact) mass is 388 g/mol. The van der Waals surface area contributed by atoms with E-state index in [1.807, 2.05) is 0 Å². The van der Waals surface area contributed by atoms with Gasteiger partial charge in [-0.3, -0.25) is 4.79 Å². The molecule has 3 N–H and O–H groups in total. The summed E-state index contributed by atoms with van der Waals surface area (Å²) in [5, 5.41) is 21.8. The van der Waals surface area contributed by atoms with Crippen LogP contribution in [-0.2, 0) is 17.6 Å². The highest BCUT2D eigenvalue weighted by Gasteiger charge is 2.30. The second-order valence-electron chi connectivity index (χ2n) is 6.99. The number of anilines is 1. The second kappa shape index (κ2) is 6.93. The number of nitriles is 1. The maximum Gasteiger partial charge on any atom is 0.235 e. The van der Waals surface area contributed by atoms with E-state index in [1.165, 1.54) is 32.7 Å². The summed E-state index contributed by atoms with van der Waals surface area (Å²) in [6, 6.07) is 2.27. The highest BCUT2D eigenvalue weighted by molar-refractivity contribution is 7.99. The summed E-state index contributed by atoms with van der Waals surface area (Å²) >= 11 is 2.80. The van der Waals surface area contributed by atoms with Crippen molar-refractivity contribution in [2.24, 2.45) is 5.92 Å². The number of hydrogen-bond acceptors (Lipinski definition) is 7. The van der Waals surface area contributed by atoms with Gasteiger partial charge < -0.3 is 11.2 Å². The standard InChI is InChI=1S/C17H20N6OS2/c1-9-2-5-11-12(7-18)16(26-13(11)6-9)20-14(24)8-25-17-22-21-15(23(17)19)10-3-4-10/h9-10H,2-6,8,19H2,1H3,(H,20,24). The molecule has 0 bridgehead atoms. The molecular weight excluding hydrogens is 368 g/mol. The number of nitrogen functional groups attached to an aromatic ring is 1. The van der Waals surface area contributed by atoms with Crippen LogP contribution in [0.5, 0.6) is 0 Å². The smallest absolute Gasteiger partial charge is 0.235 e. The summed E-state index contributed by atoms with van der Waals surface area (Å²) in [6.07, 6.45) is 5.19. The molecule has 1 saturated carbocycles. The minimum absolute atomic E-state index is 0.158. The van der Waals surface area contributed by atoms with E-state index < -0.39 is 0 Å². The number of amides is 1. The van der Waals surface area contributed by atoms with E-state index in [0.29, 0.717) is 27.6 Å². The van der Waals surface area contributed by atoms with Crippen LogP contribution in [0.4, 0.5) is 5.00 Å². The van der Waals surface area contributed by atoms with Crippen molar-refractivity contribution in [2.45, 2.75) is 50.1 Å². The molecule has 2 aliphatic carbocycles. The van der Waals surface area contributed by atoms with Gasteiger partial charge >= 0.3 is 0 Å². The number of carbonyl (C=O) groups excluding carboxylic acids is 1. The van der Waals surface area contributed by atoms with Gasteiger partial charge in [0.25, 0.3) is 0 Å². The van der Waals surface area contributed by atoms with Crippen molar-refractivity contribution in [3.8, 4) is 6.07 Å². The average Bonchev–Trinajstić information content (AvgIpc) is 3.30. The van der Waals surface area contributed by atoms with Gasteiger partial charge in [-0.15, -0.1) is 21.5 Å². The van der Waals surface area contributed by atoms with Crippen molar-refractivity contribution >= 4 is 34.0 Å². The lowest BCUT2D eigenvalue weighted by Crippen LogP contribution is -2.17. The van der Waals surface area contributed by atoms with E-state index in [1.54, 1.807) is 0 Å². The van der Waals surface area contributed by atoms with Crippen LogP contribution in [-0.4, -0.2) is 26.5 Å². The normalized spacial score (nSPS) is 19.0. The number of thiophene rings is 1. The fourth-order valence-corrected chi connectivity index (χ4v) is 5.30. The summed E-state index contributed by atoms with van der Waals surface area (Å²) in [7, 11) is 0. The number of aromatic nitrogens is 3. The Bertz CT molecular complexity index is 892. The largest absolute Gasteiger partial charge is 0.336 e. The van der Waals surface area contributed by atoms with Gasteiger partial charge in [-0.2, -0.15) is 5.26 Å². The van der Waals surface area contributed by atoms with Gasteiger partial charge in [0.2, 0.25) is 11.1 Å². The minimum atomic E-state index is -0.158. The zero-order valence-corrected chi connectivity index (χ0v) is 16.1. The van der Waals surface area contributed by atoms with Crippen molar-refractivity contribution in [3.05, 3.63) is 21.8 Å². The molecule has 0 aromatic carbocycles. The molecule has 7 nitrogen and oxygen atoms in total. The quantitative estimate of drug-likeness (QED) is 0.602. The highest BCUT2D eigenvalue weighted by atomic mass is 32.2. The van der Waals surface area contributed by atoms with Gasteiger partial charge in [-0.05, 0) is 43.6 Å². The van der Waals surface area contributed by atoms with E-state index in [4.69, 9.17) is 5.84 Å². The molecule has 1 amide bonds. The van der Waals surface area contributed by atoms with Crippen molar-refractivity contribution in [2.75, 3.05) is 16.9 Å². The minimum Gasteiger partial charge on any atom is -0.336 e. The number of carbonyl (C=O) groups is 1. The molecule has 26 heavy (non-hydrogen) atoms. The Morgan fingerprint density at radius 1 is 1.46 bits per heavy atom. The van der Waals surface area contributed by atoms with E-state index in [9.17, 15) is 10.1 Å². The maximum atomic E-state index is 12.4. The van der Waals surface area contributed by atoms with E-state index in [2.05, 4.69) is 28.5 Å². The Balaban J connectivity index is 1.41. The molecule has 2 aliphatic rings. The van der Waals surface area contributed by atoms with Crippen LogP contribution in [0.15, 0.2) is 5.16 Å². The molecule has 2 aromatic heterocycles. The van der Waals surface area contributed by atoms with Gasteiger partial charge in [-0.1, -0.05) is 18.7 Å². The fourth-order valence-electron chi connectivity index (χ4n) is 3.26. The summed E-state index contributed by atoms with van der Waals surface area (Å²) in [5.41, 5.74) is 1.75. The third kappa shape index (κ3) is 3.31. The van der Waals surface area contributed by atoms with E-state index >= 15 is 0 Å². The number of nitrogens with two attached hydrogens (primary N) is 1. The van der Waals surface area contributed by atoms with Gasteiger partial charge in [0.15, 0.2) is 5.82 Å². The Kier molecular flexibility index (Phi) is 4.63. The molecule has 1 atom stereocenters. The van der Waals surface area contributed by atoms with Gasteiger partial charge in [-0.25, -0.2) is 4.68 Å². The van der Waals surface area contributed by atoms with Crippen LogP contribution in [0.25, 0.3) is 0 Å². The van der Waals surface area contributed by atoms with Crippen LogP contribution < -0.4 is 11.2 Å². The topological polar surface area (TPSA) is 110 Å². The van der Waals surface area contributed by atoms with Crippen LogP contribution in [0.2, 0.25) is 0 Å². The Morgan fingerprint density at radius 2 is 2.27 bits per heavy atom. The second-order valence-corrected chi connectivity index (χ2v) is 9.04. The zero-order valence-electron chi connectivity index (χ0n) is 14.5. The van der Waals surface area contributed by atoms with Gasteiger partial charge in [0.05, 0.1) is 11.3 Å². The van der Waals surface area contributed by atoms with E-state index in [-0.39, 0.29) is 11.7 Å². The lowest BCUT2D eigenvalue weighted by molar-refractivity contribution is -0.113. The highest BCUT2D eigenvalue weighted by Crippen LogP contribution is 2.40. The fraction of sp³-hybridized carbons (Fsp3) is 0.529. The molecule has 4 rings (SSSR count). The molecule has 9 heteroatoms. The molecule has 0 radical (unpaired) electrons. The van der Waals surface area contributed by atoms with Crippen LogP contribution in [0.3, 0.4) is 0 Å². The molecule has 2 heterocycles. The van der Waals surface area contributed by atoms with E-state index in [0.717, 1.165) is 43.5 Å². The lowest BCUT2D eigenvalue weighted by atomic mass is 9.89. The van der Waals surface area contributed by atoms with Crippen molar-refractivity contribution in [1.29, 1.82) is 5.26 Å². The third-order valence-corrected chi connectivity index (χ3v) is 6.96. The summed E-state index contributed by atoms with van der Waals surface area (Å²) in [6.45, 7) is 2.22. The lowest BCUT2D eigenvalue weighted by Gasteiger charge is -2.17. The molecule has 0 saturated heterocycles. The molecular formula is C17H20N6OS2. The number of nitrogens with one attached hydrogen (secondary N) is 1. The van der Waals surface area contributed by atoms with Crippen molar-refractivity contribution < 1.29 is 4.79 Å². The predicted molar refractivity (Wildman–Crippen MR) is 102 cm³/mol. The molecule has 2 aromatic rings. The van der Waals surface area contributed by atoms with Crippen molar-refractivity contribution in [3.63, 3.8) is 0 Å². The number of hydrogen-bond donors (Lipinski definition) is 2. The SMILES string of the molecule is CC1CCc2c(sc(NC(=O)CSc3nnc(C4CC4)n3N)c2C#N)C1. The first kappa shape index (κ1) is 17.4. The Labute approximate surface area is 159 Å². The number of rotatable bonds is 5. The Hall–Kier alpha value is -2.05. The first-order chi connectivity index (χ1) is 12.6. The molecule has 1 fully saturated rings. The molecule has 136 valence electrons. The van der Waals surface area contributed by atoms with Crippen LogP contribution >= 0.6 is 23.1 Å². The number of fused-ring (bicyclic) bond motifs is 1. The molecule has 1 unspecified atom stereocenters. The Morgan fingerprint density at radius 3 is 3.00 bits per heavy atom. The number of thioether (sulfide) groups is 1. The van der Waals surface area contributed by atoms with Gasteiger partial charge in [0.1, 0.15) is 11.1 Å². The summed E-state index contributed by atoms with van der Waals surface area (Å²) in [5.74, 6) is 7.86. The van der Waals surface area contributed by atoms with Crippen molar-refractivity contribution in [1.82, 2.24) is 14.9 Å². The average molecular weight is 389 g/mol. The molecule has 0 aliphatic heterocycles. The van der Waals surface area contributed by atoms with Crippen LogP contribution in [0, 0.1) is 17.2 Å². The van der Waals surface area contributed by atoms with Gasteiger partial charge in [0, 0.05) is 10.8 Å².